The molecule has 0 aliphatic rings. The van der Waals surface area contributed by atoms with Crippen molar-refractivity contribution in [2.24, 2.45) is 0 Å². The average molecular weight is 245 g/mol. The highest BCUT2D eigenvalue weighted by Gasteiger charge is 2.28. The number of aliphatic hydroxyl groups is 1. The number of aryl methyl sites for hydroxylation is 2. The summed E-state index contributed by atoms with van der Waals surface area (Å²) >= 11 is 0. The Balaban J connectivity index is 2.57. The number of nitrogens with zero attached hydrogens (tertiary/aromatic N) is 1. The van der Waals surface area contributed by atoms with Crippen LogP contribution in [-0.2, 0) is 5.60 Å². The number of rotatable bonds is 2. The van der Waals surface area contributed by atoms with Crippen molar-refractivity contribution in [3.05, 3.63) is 64.7 Å². The van der Waals surface area contributed by atoms with Gasteiger partial charge < -0.3 is 5.11 Å². The summed E-state index contributed by atoms with van der Waals surface area (Å²) in [4.78, 5) is 3.79. The summed E-state index contributed by atoms with van der Waals surface area (Å²) in [7, 11) is 0. The maximum Gasteiger partial charge on any atom is 0.141 e. The summed E-state index contributed by atoms with van der Waals surface area (Å²) in [5, 5.41) is 10.7. The first-order chi connectivity index (χ1) is 8.41. The minimum atomic E-state index is -1.24. The van der Waals surface area contributed by atoms with Gasteiger partial charge in [-0.1, -0.05) is 23.8 Å². The molecule has 1 aromatic carbocycles. The molecule has 3 heteroatoms. The van der Waals surface area contributed by atoms with Gasteiger partial charge in [0.2, 0.25) is 0 Å². The van der Waals surface area contributed by atoms with Gasteiger partial charge in [0.15, 0.2) is 0 Å². The van der Waals surface area contributed by atoms with Crippen LogP contribution in [0.15, 0.2) is 36.7 Å². The second-order valence-electron chi connectivity index (χ2n) is 4.78. The van der Waals surface area contributed by atoms with E-state index in [1.165, 1.54) is 12.3 Å². The molecule has 1 aromatic heterocycles. The Hall–Kier alpha value is -1.74. The van der Waals surface area contributed by atoms with Gasteiger partial charge in [-0.05, 0) is 38.0 Å². The van der Waals surface area contributed by atoms with E-state index in [4.69, 9.17) is 0 Å². The molecule has 1 atom stereocenters. The zero-order chi connectivity index (χ0) is 13.3. The van der Waals surface area contributed by atoms with Gasteiger partial charge in [-0.15, -0.1) is 0 Å². The summed E-state index contributed by atoms with van der Waals surface area (Å²) in [6.45, 7) is 5.55. The van der Waals surface area contributed by atoms with E-state index in [-0.39, 0.29) is 0 Å². The normalized spacial score (nSPS) is 14.3. The van der Waals surface area contributed by atoms with E-state index in [0.717, 1.165) is 22.9 Å². The van der Waals surface area contributed by atoms with Gasteiger partial charge in [-0.25, -0.2) is 4.39 Å². The molecule has 1 N–H and O–H groups in total. The van der Waals surface area contributed by atoms with Gasteiger partial charge in [0.25, 0.3) is 0 Å². The highest BCUT2D eigenvalue weighted by Crippen LogP contribution is 2.31. The van der Waals surface area contributed by atoms with E-state index in [0.29, 0.717) is 5.56 Å². The first-order valence-electron chi connectivity index (χ1n) is 5.82. The van der Waals surface area contributed by atoms with E-state index in [2.05, 4.69) is 4.98 Å². The third-order valence-corrected chi connectivity index (χ3v) is 3.18. The molecule has 0 spiro atoms. The zero-order valence-electron chi connectivity index (χ0n) is 10.7. The SMILES string of the molecule is Cc1ccc(C)c(C(C)(O)c2cncc(F)c2)c1. The van der Waals surface area contributed by atoms with Gasteiger partial charge in [-0.3, -0.25) is 4.98 Å². The van der Waals surface area contributed by atoms with Crippen molar-refractivity contribution in [1.29, 1.82) is 0 Å². The number of benzene rings is 1. The van der Waals surface area contributed by atoms with Gasteiger partial charge in [0, 0.05) is 11.8 Å². The van der Waals surface area contributed by atoms with Crippen LogP contribution in [0.1, 0.15) is 29.2 Å². The predicted molar refractivity (Wildman–Crippen MR) is 68.8 cm³/mol. The Morgan fingerprint density at radius 1 is 1.17 bits per heavy atom. The molecule has 0 saturated heterocycles. The Bertz CT molecular complexity index is 578. The molecule has 1 heterocycles. The van der Waals surface area contributed by atoms with Crippen molar-refractivity contribution in [2.75, 3.05) is 0 Å². The highest BCUT2D eigenvalue weighted by molar-refractivity contribution is 5.40. The van der Waals surface area contributed by atoms with E-state index < -0.39 is 11.4 Å². The maximum absolute atomic E-state index is 13.2. The van der Waals surface area contributed by atoms with Crippen LogP contribution in [0.25, 0.3) is 0 Å². The molecular formula is C15H16FNO. The Kier molecular flexibility index (Phi) is 3.18. The number of hydrogen-bond donors (Lipinski definition) is 1. The third kappa shape index (κ3) is 2.27. The maximum atomic E-state index is 13.2. The van der Waals surface area contributed by atoms with Crippen molar-refractivity contribution < 1.29 is 9.50 Å². The van der Waals surface area contributed by atoms with Crippen molar-refractivity contribution in [2.45, 2.75) is 26.4 Å². The number of hydrogen-bond acceptors (Lipinski definition) is 2. The second-order valence-corrected chi connectivity index (χ2v) is 4.78. The molecule has 2 aromatic rings. The minimum absolute atomic E-state index is 0.446. The molecule has 0 aliphatic carbocycles. The van der Waals surface area contributed by atoms with E-state index in [1.54, 1.807) is 6.92 Å². The number of halogens is 1. The summed E-state index contributed by atoms with van der Waals surface area (Å²) in [5.41, 5.74) is 2.01. The summed E-state index contributed by atoms with van der Waals surface area (Å²) in [6, 6.07) is 7.17. The number of pyridine rings is 1. The summed E-state index contributed by atoms with van der Waals surface area (Å²) in [5.74, 6) is -0.446. The monoisotopic (exact) mass is 245 g/mol. The Morgan fingerprint density at radius 2 is 1.89 bits per heavy atom. The van der Waals surface area contributed by atoms with E-state index >= 15 is 0 Å². The minimum Gasteiger partial charge on any atom is -0.381 e. The molecular weight excluding hydrogens is 229 g/mol. The van der Waals surface area contributed by atoms with Crippen molar-refractivity contribution in [3.8, 4) is 0 Å². The molecule has 18 heavy (non-hydrogen) atoms. The molecule has 0 fully saturated rings. The Morgan fingerprint density at radius 3 is 2.56 bits per heavy atom. The molecule has 2 nitrogen and oxygen atoms in total. The number of aromatic nitrogens is 1. The first kappa shape index (κ1) is 12.7. The molecule has 0 bridgehead atoms. The second kappa shape index (κ2) is 4.50. The smallest absolute Gasteiger partial charge is 0.141 e. The van der Waals surface area contributed by atoms with Crippen LogP contribution in [-0.4, -0.2) is 10.1 Å². The van der Waals surface area contributed by atoms with Gasteiger partial charge in [0.05, 0.1) is 6.20 Å². The summed E-state index contributed by atoms with van der Waals surface area (Å²) in [6.07, 6.45) is 2.62. The van der Waals surface area contributed by atoms with E-state index in [9.17, 15) is 9.50 Å². The van der Waals surface area contributed by atoms with E-state index in [1.807, 2.05) is 32.0 Å². The first-order valence-corrected chi connectivity index (χ1v) is 5.82. The largest absolute Gasteiger partial charge is 0.381 e. The van der Waals surface area contributed by atoms with Gasteiger partial charge in [0.1, 0.15) is 11.4 Å². The molecule has 0 saturated carbocycles. The standard InChI is InChI=1S/C15H16FNO/c1-10-4-5-11(2)14(6-10)15(3,18)12-7-13(16)9-17-8-12/h4-9,18H,1-3H3. The molecule has 0 aliphatic heterocycles. The predicted octanol–water partition coefficient (Wildman–Crippen LogP) is 3.09. The van der Waals surface area contributed by atoms with Crippen molar-refractivity contribution >= 4 is 0 Å². The average Bonchev–Trinajstić information content (AvgIpc) is 2.32. The molecule has 0 radical (unpaired) electrons. The van der Waals surface area contributed by atoms with Crippen LogP contribution in [0.3, 0.4) is 0 Å². The topological polar surface area (TPSA) is 33.1 Å². The molecule has 2 rings (SSSR count). The van der Waals surface area contributed by atoms with Crippen LogP contribution in [0.4, 0.5) is 4.39 Å². The van der Waals surface area contributed by atoms with Crippen LogP contribution in [0.2, 0.25) is 0 Å². The highest BCUT2D eigenvalue weighted by atomic mass is 19.1. The summed E-state index contributed by atoms with van der Waals surface area (Å²) < 4.78 is 13.2. The fourth-order valence-corrected chi connectivity index (χ4v) is 2.09. The van der Waals surface area contributed by atoms with Crippen LogP contribution < -0.4 is 0 Å². The van der Waals surface area contributed by atoms with Crippen LogP contribution in [0.5, 0.6) is 0 Å². The van der Waals surface area contributed by atoms with Crippen LogP contribution >= 0.6 is 0 Å². The van der Waals surface area contributed by atoms with Crippen molar-refractivity contribution in [1.82, 2.24) is 4.98 Å². The fraction of sp³-hybridized carbons (Fsp3) is 0.267. The lowest BCUT2D eigenvalue weighted by molar-refractivity contribution is 0.101. The third-order valence-electron chi connectivity index (χ3n) is 3.18. The molecule has 1 unspecified atom stereocenters. The zero-order valence-corrected chi connectivity index (χ0v) is 10.7. The van der Waals surface area contributed by atoms with Gasteiger partial charge in [-0.2, -0.15) is 0 Å². The molecule has 94 valence electrons. The van der Waals surface area contributed by atoms with Crippen molar-refractivity contribution in [3.63, 3.8) is 0 Å². The Labute approximate surface area is 106 Å². The molecule has 0 amide bonds. The van der Waals surface area contributed by atoms with Crippen LogP contribution in [0, 0.1) is 19.7 Å². The lowest BCUT2D eigenvalue weighted by Gasteiger charge is -2.26. The quantitative estimate of drug-likeness (QED) is 0.882. The fourth-order valence-electron chi connectivity index (χ4n) is 2.09. The van der Waals surface area contributed by atoms with Gasteiger partial charge >= 0.3 is 0 Å². The lowest BCUT2D eigenvalue weighted by Crippen LogP contribution is -2.24. The lowest BCUT2D eigenvalue weighted by atomic mass is 9.85.